The number of likely N-dealkylation sites (tertiary alicyclic amines) is 1. The number of aryl methyl sites for hydroxylation is 1. The van der Waals surface area contributed by atoms with Crippen LogP contribution in [0.5, 0.6) is 6.01 Å². The van der Waals surface area contributed by atoms with Crippen molar-refractivity contribution in [3.63, 3.8) is 0 Å². The zero-order chi connectivity index (χ0) is 30.5. The Bertz CT molecular complexity index is 1520. The molecule has 3 aliphatic rings. The number of fused-ring (bicyclic) bond motifs is 2. The minimum atomic E-state index is -0.913. The number of hydrogen-bond acceptors (Lipinski definition) is 8. The maximum atomic E-state index is 13.5. The lowest BCUT2D eigenvalue weighted by Gasteiger charge is -2.40. The zero-order valence-corrected chi connectivity index (χ0v) is 25.4. The summed E-state index contributed by atoms with van der Waals surface area (Å²) in [6.45, 7) is 15.1. The van der Waals surface area contributed by atoms with E-state index >= 15 is 0 Å². The van der Waals surface area contributed by atoms with E-state index in [0.29, 0.717) is 51.4 Å². The topological polar surface area (TPSA) is 88.8 Å². The van der Waals surface area contributed by atoms with Crippen molar-refractivity contribution >= 4 is 28.2 Å². The number of carbonyl (C=O) groups excluding carboxylic acids is 1. The molecule has 2 saturated heterocycles. The van der Waals surface area contributed by atoms with Crippen LogP contribution in [0.15, 0.2) is 48.8 Å². The average Bonchev–Trinajstić information content (AvgIpc) is 3.00. The van der Waals surface area contributed by atoms with E-state index in [-0.39, 0.29) is 0 Å². The molecule has 43 heavy (non-hydrogen) atoms. The van der Waals surface area contributed by atoms with Gasteiger partial charge >= 0.3 is 6.01 Å². The first-order chi connectivity index (χ1) is 20.8. The number of halogens is 1. The molecule has 2 aromatic carbocycles. The van der Waals surface area contributed by atoms with Crippen molar-refractivity contribution in [2.45, 2.75) is 46.2 Å². The Morgan fingerprint density at radius 2 is 1.81 bits per heavy atom. The van der Waals surface area contributed by atoms with Gasteiger partial charge in [-0.15, -0.1) is 0 Å². The number of amides is 1. The van der Waals surface area contributed by atoms with E-state index in [2.05, 4.69) is 71.5 Å². The van der Waals surface area contributed by atoms with Gasteiger partial charge in [0.1, 0.15) is 12.4 Å². The van der Waals surface area contributed by atoms with Crippen molar-refractivity contribution < 1.29 is 13.9 Å². The lowest BCUT2D eigenvalue weighted by Crippen LogP contribution is -2.50. The summed E-state index contributed by atoms with van der Waals surface area (Å²) in [5.41, 5.74) is 4.59. The molecule has 4 heterocycles. The van der Waals surface area contributed by atoms with Crippen molar-refractivity contribution in [3.05, 3.63) is 65.6 Å². The molecule has 0 saturated carbocycles. The van der Waals surface area contributed by atoms with E-state index in [9.17, 15) is 9.18 Å². The van der Waals surface area contributed by atoms with E-state index in [1.54, 1.807) is 6.07 Å². The smallest absolute Gasteiger partial charge is 0.318 e. The summed E-state index contributed by atoms with van der Waals surface area (Å²) in [6, 6.07) is 15.5. The summed E-state index contributed by atoms with van der Waals surface area (Å²) in [6.07, 6.45) is 1.93. The molecule has 10 heteroatoms. The zero-order valence-electron chi connectivity index (χ0n) is 25.4. The highest BCUT2D eigenvalue weighted by molar-refractivity contribution is 5.97. The molecule has 1 unspecified atom stereocenters. The van der Waals surface area contributed by atoms with Crippen LogP contribution >= 0.6 is 0 Å². The SMILES string of the molecule is C=C(F)C(=O)N1CCN(c2nc(OCC3CCN3CC)nc3c2CCN(c2cccc4cccc(C)c24)C3)CC1.CC#N. The molecule has 0 aliphatic carbocycles. The summed E-state index contributed by atoms with van der Waals surface area (Å²) in [5.74, 6) is -0.666. The van der Waals surface area contributed by atoms with Gasteiger partial charge in [0.2, 0.25) is 0 Å². The number of piperazine rings is 1. The molecule has 9 nitrogen and oxygen atoms in total. The van der Waals surface area contributed by atoms with Gasteiger partial charge in [0.05, 0.1) is 18.3 Å². The number of aromatic nitrogens is 2. The van der Waals surface area contributed by atoms with Crippen LogP contribution in [-0.2, 0) is 17.8 Å². The van der Waals surface area contributed by atoms with Crippen molar-refractivity contribution in [1.82, 2.24) is 19.8 Å². The molecule has 1 aromatic heterocycles. The van der Waals surface area contributed by atoms with Gasteiger partial charge in [-0.1, -0.05) is 43.8 Å². The number of likely N-dealkylation sites (N-methyl/N-ethyl adjacent to an activating group) is 1. The molecule has 3 aliphatic heterocycles. The molecule has 1 amide bonds. The molecule has 0 radical (unpaired) electrons. The Morgan fingerprint density at radius 1 is 1.09 bits per heavy atom. The number of ether oxygens (including phenoxy) is 1. The van der Waals surface area contributed by atoms with Crippen LogP contribution < -0.4 is 14.5 Å². The number of hydrogen-bond donors (Lipinski definition) is 0. The van der Waals surface area contributed by atoms with Gasteiger partial charge in [-0.25, -0.2) is 4.39 Å². The summed E-state index contributed by atoms with van der Waals surface area (Å²) in [7, 11) is 0. The second kappa shape index (κ2) is 13.4. The van der Waals surface area contributed by atoms with Crippen LogP contribution in [0.1, 0.15) is 37.1 Å². The van der Waals surface area contributed by atoms with Crippen LogP contribution in [-0.4, -0.2) is 84.1 Å². The van der Waals surface area contributed by atoms with Crippen LogP contribution in [0.4, 0.5) is 15.9 Å². The third-order valence-electron chi connectivity index (χ3n) is 8.63. The van der Waals surface area contributed by atoms with E-state index in [1.807, 2.05) is 0 Å². The molecule has 3 aromatic rings. The third-order valence-corrected chi connectivity index (χ3v) is 8.63. The largest absolute Gasteiger partial charge is 0.462 e. The Hall–Kier alpha value is -4.23. The molecule has 2 fully saturated rings. The van der Waals surface area contributed by atoms with E-state index in [0.717, 1.165) is 49.6 Å². The summed E-state index contributed by atoms with van der Waals surface area (Å²) < 4.78 is 19.7. The first kappa shape index (κ1) is 30.2. The second-order valence-electron chi connectivity index (χ2n) is 11.2. The highest BCUT2D eigenvalue weighted by Crippen LogP contribution is 2.35. The Morgan fingerprint density at radius 3 is 2.47 bits per heavy atom. The Labute approximate surface area is 253 Å². The van der Waals surface area contributed by atoms with Crippen molar-refractivity contribution in [1.29, 1.82) is 5.26 Å². The minimum Gasteiger partial charge on any atom is -0.462 e. The summed E-state index contributed by atoms with van der Waals surface area (Å²) in [4.78, 5) is 30.5. The molecular weight excluding hydrogens is 545 g/mol. The Kier molecular flexibility index (Phi) is 9.41. The van der Waals surface area contributed by atoms with E-state index in [1.165, 1.54) is 33.8 Å². The van der Waals surface area contributed by atoms with Crippen LogP contribution in [0.25, 0.3) is 10.8 Å². The highest BCUT2D eigenvalue weighted by atomic mass is 19.1. The minimum absolute atomic E-state index is 0.395. The molecule has 1 atom stereocenters. The van der Waals surface area contributed by atoms with E-state index < -0.39 is 11.7 Å². The summed E-state index contributed by atoms with van der Waals surface area (Å²) >= 11 is 0. The van der Waals surface area contributed by atoms with Gasteiger partial charge < -0.3 is 19.4 Å². The number of anilines is 2. The first-order valence-corrected chi connectivity index (χ1v) is 15.0. The molecule has 6 rings (SSSR count). The molecule has 0 N–H and O–H groups in total. The third kappa shape index (κ3) is 6.42. The number of rotatable bonds is 7. The lowest BCUT2D eigenvalue weighted by molar-refractivity contribution is -0.128. The second-order valence-corrected chi connectivity index (χ2v) is 11.2. The maximum Gasteiger partial charge on any atom is 0.318 e. The van der Waals surface area contributed by atoms with Gasteiger partial charge in [0, 0.05) is 68.9 Å². The standard InChI is InChI=1S/C31H37FN6O2.C2H3N/c1-4-35-13-11-24(35)20-40-31-33-26-19-38(27-10-6-9-23-8-5-7-21(2)28(23)27)14-12-25(26)29(34-31)36-15-17-37(18-16-36)30(39)22(3)32;1-2-3/h5-10,24H,3-4,11-20H2,1-2H3;1H3. The fourth-order valence-electron chi connectivity index (χ4n) is 6.25. The van der Waals surface area contributed by atoms with Crippen molar-refractivity contribution in [2.75, 3.05) is 62.2 Å². The monoisotopic (exact) mass is 585 g/mol. The maximum absolute atomic E-state index is 13.5. The molecular formula is C33H40FN7O2. The predicted octanol–water partition coefficient (Wildman–Crippen LogP) is 4.64. The fraction of sp³-hybridized carbons (Fsp3) is 0.455. The van der Waals surface area contributed by atoms with Crippen molar-refractivity contribution in [2.24, 2.45) is 0 Å². The highest BCUT2D eigenvalue weighted by Gasteiger charge is 2.31. The number of carbonyl (C=O) groups is 1. The summed E-state index contributed by atoms with van der Waals surface area (Å²) in [5, 5.41) is 9.83. The van der Waals surface area contributed by atoms with Crippen LogP contribution in [0, 0.1) is 18.3 Å². The van der Waals surface area contributed by atoms with Crippen molar-refractivity contribution in [3.8, 4) is 12.1 Å². The number of nitriles is 1. The molecule has 226 valence electrons. The number of nitrogens with zero attached hydrogens (tertiary/aromatic N) is 7. The van der Waals surface area contributed by atoms with Gasteiger partial charge in [-0.2, -0.15) is 15.2 Å². The lowest BCUT2D eigenvalue weighted by atomic mass is 9.99. The Balaban J connectivity index is 0.00000118. The average molecular weight is 586 g/mol. The normalized spacial score (nSPS) is 18.2. The fourth-order valence-corrected chi connectivity index (χ4v) is 6.25. The van der Waals surface area contributed by atoms with Gasteiger partial charge in [0.25, 0.3) is 5.91 Å². The predicted molar refractivity (Wildman–Crippen MR) is 167 cm³/mol. The molecule has 0 spiro atoms. The number of benzene rings is 2. The van der Waals surface area contributed by atoms with Gasteiger partial charge in [-0.05, 0) is 43.3 Å². The van der Waals surface area contributed by atoms with Gasteiger partial charge in [0.15, 0.2) is 5.83 Å². The van der Waals surface area contributed by atoms with Gasteiger partial charge in [-0.3, -0.25) is 9.69 Å². The van der Waals surface area contributed by atoms with Crippen LogP contribution in [0.2, 0.25) is 0 Å². The molecule has 0 bridgehead atoms. The quantitative estimate of drug-likeness (QED) is 0.371. The first-order valence-electron chi connectivity index (χ1n) is 15.0. The van der Waals surface area contributed by atoms with E-state index in [4.69, 9.17) is 20.0 Å². The van der Waals surface area contributed by atoms with Crippen LogP contribution in [0.3, 0.4) is 0 Å².